The van der Waals surface area contributed by atoms with E-state index in [9.17, 15) is 10.2 Å². The van der Waals surface area contributed by atoms with Gasteiger partial charge in [-0.1, -0.05) is 42.3 Å². The van der Waals surface area contributed by atoms with Crippen LogP contribution in [0.4, 0.5) is 11.6 Å². The summed E-state index contributed by atoms with van der Waals surface area (Å²) in [5.41, 5.74) is 1.28. The molecule has 6 rings (SSSR count). The van der Waals surface area contributed by atoms with Crippen LogP contribution in [0.2, 0.25) is 10.0 Å². The number of aryl methyl sites for hydroxylation is 1. The molecule has 2 aliphatic rings. The minimum atomic E-state index is -0.193. The van der Waals surface area contributed by atoms with Crippen LogP contribution >= 0.6 is 23.2 Å². The predicted octanol–water partition coefficient (Wildman–Crippen LogP) is 7.84. The molecule has 2 aromatic heterocycles. The molecular weight excluding hydrogens is 627 g/mol. The topological polar surface area (TPSA) is 135 Å². The Hall–Kier alpha value is -3.70. The average molecular weight is 668 g/mol. The molecule has 0 spiro atoms. The van der Waals surface area contributed by atoms with Gasteiger partial charge in [-0.05, 0) is 93.7 Å². The number of aliphatic hydroxyl groups excluding tert-OH is 2. The molecule has 0 atom stereocenters. The number of ether oxygens (including phenoxy) is 2. The lowest BCUT2D eigenvalue weighted by molar-refractivity contribution is 0.125. The van der Waals surface area contributed by atoms with Crippen molar-refractivity contribution in [1.29, 1.82) is 0 Å². The molecular formula is C34H40Cl2N6O4. The number of nitrogens with zero attached hydrogens (tertiary/aromatic N) is 4. The van der Waals surface area contributed by atoms with E-state index in [1.165, 1.54) is 18.2 Å². The number of nitrogens with one attached hydrogen (secondary N) is 2. The first-order valence-corrected chi connectivity index (χ1v) is 16.5. The second-order valence-corrected chi connectivity index (χ2v) is 12.4. The number of hydrogen-bond acceptors (Lipinski definition) is 10. The summed E-state index contributed by atoms with van der Waals surface area (Å²) in [7, 11) is 0. The van der Waals surface area contributed by atoms with E-state index in [4.69, 9.17) is 32.7 Å². The number of benzene rings is 2. The van der Waals surface area contributed by atoms with Gasteiger partial charge >= 0.3 is 0 Å². The molecule has 4 aromatic rings. The summed E-state index contributed by atoms with van der Waals surface area (Å²) in [6.45, 7) is 2.13. The second-order valence-electron chi connectivity index (χ2n) is 11.5. The van der Waals surface area contributed by atoms with Gasteiger partial charge in [0.15, 0.2) is 23.1 Å². The summed E-state index contributed by atoms with van der Waals surface area (Å²) in [5.74, 6) is 3.73. The highest BCUT2D eigenvalue weighted by Crippen LogP contribution is 2.35. The van der Waals surface area contributed by atoms with Gasteiger partial charge in [0.25, 0.3) is 0 Å². The van der Waals surface area contributed by atoms with Gasteiger partial charge in [0.05, 0.1) is 29.6 Å². The molecule has 0 unspecified atom stereocenters. The third-order valence-electron chi connectivity index (χ3n) is 8.11. The highest BCUT2D eigenvalue weighted by atomic mass is 35.5. The van der Waals surface area contributed by atoms with E-state index >= 15 is 0 Å². The maximum Gasteiger partial charge on any atom is 0.188 e. The van der Waals surface area contributed by atoms with Crippen LogP contribution in [0.3, 0.4) is 0 Å². The van der Waals surface area contributed by atoms with Crippen molar-refractivity contribution >= 4 is 34.8 Å². The second kappa shape index (κ2) is 16.7. The van der Waals surface area contributed by atoms with Crippen LogP contribution in [0.5, 0.6) is 23.0 Å². The molecule has 2 aliphatic carbocycles. The average Bonchev–Trinajstić information content (AvgIpc) is 3.07. The molecule has 12 heteroatoms. The molecule has 4 N–H and O–H groups in total. The first-order valence-electron chi connectivity index (χ1n) is 15.7. The fraction of sp³-hybridized carbons (Fsp3) is 0.412. The maximum absolute atomic E-state index is 9.61. The van der Waals surface area contributed by atoms with Gasteiger partial charge in [0.2, 0.25) is 0 Å². The summed E-state index contributed by atoms with van der Waals surface area (Å²) < 4.78 is 11.8. The van der Waals surface area contributed by atoms with Crippen molar-refractivity contribution in [1.82, 2.24) is 19.9 Å². The van der Waals surface area contributed by atoms with Gasteiger partial charge in [-0.2, -0.15) is 0 Å². The van der Waals surface area contributed by atoms with Crippen molar-refractivity contribution in [3.05, 3.63) is 83.1 Å². The largest absolute Gasteiger partial charge is 0.452 e. The van der Waals surface area contributed by atoms with Crippen LogP contribution in [-0.2, 0) is 6.42 Å². The molecule has 2 fully saturated rings. The van der Waals surface area contributed by atoms with E-state index in [0.29, 0.717) is 45.0 Å². The number of anilines is 2. The first kappa shape index (κ1) is 33.7. The molecule has 0 saturated heterocycles. The Morgan fingerprint density at radius 3 is 1.72 bits per heavy atom. The molecule has 2 aromatic carbocycles. The molecule has 0 radical (unpaired) electrons. The van der Waals surface area contributed by atoms with Gasteiger partial charge in [0.1, 0.15) is 24.2 Å². The summed E-state index contributed by atoms with van der Waals surface area (Å²) in [5, 5.41) is 27.0. The van der Waals surface area contributed by atoms with Crippen LogP contribution in [0.25, 0.3) is 0 Å². The third kappa shape index (κ3) is 9.90. The molecule has 0 bridgehead atoms. The Morgan fingerprint density at radius 1 is 0.696 bits per heavy atom. The molecule has 0 aliphatic heterocycles. The van der Waals surface area contributed by atoms with Crippen LogP contribution in [0.15, 0.2) is 67.5 Å². The lowest BCUT2D eigenvalue weighted by Gasteiger charge is -2.27. The van der Waals surface area contributed by atoms with E-state index in [2.05, 4.69) is 49.6 Å². The normalized spacial score (nSPS) is 21.0. The number of aliphatic hydroxyl groups is 2. The highest BCUT2D eigenvalue weighted by molar-refractivity contribution is 6.35. The Morgan fingerprint density at radius 2 is 1.22 bits per heavy atom. The Balaban J connectivity index is 0.000000181. The predicted molar refractivity (Wildman–Crippen MR) is 180 cm³/mol. The fourth-order valence-corrected chi connectivity index (χ4v) is 5.87. The van der Waals surface area contributed by atoms with Crippen LogP contribution in [0, 0.1) is 0 Å². The van der Waals surface area contributed by atoms with Crippen molar-refractivity contribution < 1.29 is 19.7 Å². The smallest absolute Gasteiger partial charge is 0.188 e. The van der Waals surface area contributed by atoms with Crippen molar-refractivity contribution in [2.75, 3.05) is 10.6 Å². The molecule has 46 heavy (non-hydrogen) atoms. The van der Waals surface area contributed by atoms with E-state index in [0.717, 1.165) is 63.5 Å². The number of hydrogen-bond donors (Lipinski definition) is 4. The SMILES string of the molecule is CCc1ccc(Oc2cncnc2N[C@H]2CC[C@H](O)CC2)cc1.O[C@H]1CC[C@H](Nc2ncncc2Oc2ccc(Cl)cc2Cl)CC1. The molecule has 244 valence electrons. The van der Waals surface area contributed by atoms with Crippen molar-refractivity contribution in [2.45, 2.75) is 89.0 Å². The van der Waals surface area contributed by atoms with Gasteiger partial charge in [0, 0.05) is 17.1 Å². The minimum absolute atomic E-state index is 0.161. The first-order chi connectivity index (χ1) is 22.4. The highest BCUT2D eigenvalue weighted by Gasteiger charge is 2.22. The molecule has 2 heterocycles. The van der Waals surface area contributed by atoms with E-state index in [1.54, 1.807) is 30.6 Å². The number of halogens is 2. The van der Waals surface area contributed by atoms with Crippen molar-refractivity contribution in [3.63, 3.8) is 0 Å². The minimum Gasteiger partial charge on any atom is -0.452 e. The number of aromatic nitrogens is 4. The summed E-state index contributed by atoms with van der Waals surface area (Å²) in [6.07, 6.45) is 13.8. The van der Waals surface area contributed by atoms with E-state index < -0.39 is 0 Å². The summed E-state index contributed by atoms with van der Waals surface area (Å²) in [4.78, 5) is 16.6. The maximum atomic E-state index is 9.61. The molecule has 0 amide bonds. The van der Waals surface area contributed by atoms with Gasteiger partial charge in [-0.15, -0.1) is 0 Å². The lowest BCUT2D eigenvalue weighted by Crippen LogP contribution is -2.28. The van der Waals surface area contributed by atoms with Crippen LogP contribution < -0.4 is 20.1 Å². The summed E-state index contributed by atoms with van der Waals surface area (Å²) >= 11 is 12.0. The Bertz CT molecular complexity index is 1530. The van der Waals surface area contributed by atoms with Crippen LogP contribution in [0.1, 0.15) is 63.9 Å². The van der Waals surface area contributed by atoms with Crippen LogP contribution in [-0.4, -0.2) is 54.4 Å². The zero-order valence-electron chi connectivity index (χ0n) is 25.8. The molecule has 10 nitrogen and oxygen atoms in total. The fourth-order valence-electron chi connectivity index (χ4n) is 5.42. The summed E-state index contributed by atoms with van der Waals surface area (Å²) in [6, 6.07) is 13.7. The van der Waals surface area contributed by atoms with Gasteiger partial charge in [-0.25, -0.2) is 19.9 Å². The Labute approximate surface area is 279 Å². The Kier molecular flexibility index (Phi) is 12.2. The monoisotopic (exact) mass is 666 g/mol. The quantitative estimate of drug-likeness (QED) is 0.140. The number of rotatable bonds is 9. The lowest BCUT2D eigenvalue weighted by atomic mass is 9.93. The zero-order valence-corrected chi connectivity index (χ0v) is 27.3. The van der Waals surface area contributed by atoms with E-state index in [1.807, 2.05) is 12.1 Å². The van der Waals surface area contributed by atoms with Gasteiger partial charge < -0.3 is 30.3 Å². The third-order valence-corrected chi connectivity index (χ3v) is 8.64. The standard InChI is InChI=1S/C18H23N3O2.C16H17Cl2N3O2/c1-2-13-3-9-16(10-4-13)23-17-11-19-12-20-18(17)21-14-5-7-15(22)8-6-14;17-10-1-6-14(13(18)7-10)23-15-8-19-9-20-16(15)21-11-2-4-12(22)5-3-11/h3-4,9-12,14-15,22H,2,5-8H2,1H3,(H,19,20,21);1,6-9,11-12,22H,2-5H2,(H,19,20,21)/t14-,15-;11-,12-. The van der Waals surface area contributed by atoms with Crippen molar-refractivity contribution in [2.24, 2.45) is 0 Å². The van der Waals surface area contributed by atoms with Crippen molar-refractivity contribution in [3.8, 4) is 23.0 Å². The molecule has 2 saturated carbocycles. The van der Waals surface area contributed by atoms with E-state index in [-0.39, 0.29) is 18.2 Å². The van der Waals surface area contributed by atoms with Gasteiger partial charge in [-0.3, -0.25) is 0 Å². The zero-order chi connectivity index (χ0) is 32.3.